The van der Waals surface area contributed by atoms with Crippen molar-refractivity contribution in [2.45, 2.75) is 25.8 Å². The molecule has 3 N–H and O–H groups in total. The Morgan fingerprint density at radius 1 is 1.50 bits per heavy atom. The van der Waals surface area contributed by atoms with Crippen molar-refractivity contribution in [3.63, 3.8) is 0 Å². The van der Waals surface area contributed by atoms with E-state index in [0.29, 0.717) is 13.0 Å². The molecule has 0 bridgehead atoms. The number of amides is 1. The Bertz CT molecular complexity index is 234. The number of carbonyl (C=O) groups is 2. The van der Waals surface area contributed by atoms with Gasteiger partial charge in [-0.05, 0) is 6.42 Å². The van der Waals surface area contributed by atoms with Crippen molar-refractivity contribution in [2.24, 2.45) is 0 Å². The summed E-state index contributed by atoms with van der Waals surface area (Å²) in [6.45, 7) is 5.77. The van der Waals surface area contributed by atoms with Gasteiger partial charge < -0.3 is 10.4 Å². The Kier molecular flexibility index (Phi) is 11.3. The summed E-state index contributed by atoms with van der Waals surface area (Å²) in [5.41, 5.74) is 0. The van der Waals surface area contributed by atoms with E-state index in [1.54, 1.807) is 6.08 Å². The van der Waals surface area contributed by atoms with Crippen LogP contribution in [0.4, 0.5) is 0 Å². The van der Waals surface area contributed by atoms with Crippen LogP contribution in [0, 0.1) is 0 Å². The van der Waals surface area contributed by atoms with Gasteiger partial charge in [-0.2, -0.15) is 0 Å². The van der Waals surface area contributed by atoms with Crippen molar-refractivity contribution >= 4 is 24.3 Å². The summed E-state index contributed by atoms with van der Waals surface area (Å²) in [4.78, 5) is 21.8. The maximum Gasteiger partial charge on any atom is 0.320 e. The van der Waals surface area contributed by atoms with Gasteiger partial charge in [0, 0.05) is 6.54 Å². The number of hydrogen-bond acceptors (Lipinski definition) is 3. The molecule has 0 aromatic carbocycles. The van der Waals surface area contributed by atoms with E-state index in [9.17, 15) is 9.59 Å². The molecule has 1 amide bonds. The summed E-state index contributed by atoms with van der Waals surface area (Å²) in [6.07, 6.45) is 2.85. The molecule has 0 aromatic rings. The zero-order valence-corrected chi connectivity index (χ0v) is 10.2. The quantitative estimate of drug-likeness (QED) is 0.550. The molecule has 6 heteroatoms. The molecular weight excluding hydrogens is 232 g/mol. The van der Waals surface area contributed by atoms with Crippen LogP contribution >= 0.6 is 12.4 Å². The molecule has 0 heterocycles. The summed E-state index contributed by atoms with van der Waals surface area (Å²) in [6, 6.07) is -0.649. The van der Waals surface area contributed by atoms with E-state index in [1.807, 2.05) is 6.92 Å². The standard InChI is InChI=1S/C10H18N2O3.ClH/c1-3-5-8(10(14)15)12-7-9(13)11-6-4-2;/h4,8,12H,2-3,5-7H2,1H3,(H,11,13)(H,14,15);1H. The van der Waals surface area contributed by atoms with Gasteiger partial charge in [-0.3, -0.25) is 14.9 Å². The van der Waals surface area contributed by atoms with Crippen LogP contribution in [0.2, 0.25) is 0 Å². The fourth-order valence-electron chi connectivity index (χ4n) is 1.07. The van der Waals surface area contributed by atoms with Gasteiger partial charge in [0.25, 0.3) is 0 Å². The molecule has 16 heavy (non-hydrogen) atoms. The zero-order valence-electron chi connectivity index (χ0n) is 9.36. The lowest BCUT2D eigenvalue weighted by Crippen LogP contribution is -2.43. The largest absolute Gasteiger partial charge is 0.480 e. The molecule has 0 spiro atoms. The van der Waals surface area contributed by atoms with Gasteiger partial charge in [0.05, 0.1) is 6.54 Å². The van der Waals surface area contributed by atoms with Gasteiger partial charge in [-0.15, -0.1) is 19.0 Å². The fraction of sp³-hybridized carbons (Fsp3) is 0.600. The van der Waals surface area contributed by atoms with Crippen molar-refractivity contribution in [2.75, 3.05) is 13.1 Å². The summed E-state index contributed by atoms with van der Waals surface area (Å²) < 4.78 is 0. The van der Waals surface area contributed by atoms with Gasteiger partial charge in [0.15, 0.2) is 0 Å². The lowest BCUT2D eigenvalue weighted by molar-refractivity contribution is -0.139. The van der Waals surface area contributed by atoms with Gasteiger partial charge in [-0.1, -0.05) is 19.4 Å². The molecule has 0 saturated heterocycles. The number of hydrogen-bond donors (Lipinski definition) is 3. The highest BCUT2D eigenvalue weighted by Crippen LogP contribution is 1.95. The Morgan fingerprint density at radius 2 is 2.12 bits per heavy atom. The second-order valence-corrected chi connectivity index (χ2v) is 3.15. The Hall–Kier alpha value is -1.07. The van der Waals surface area contributed by atoms with Crippen LogP contribution in [0.1, 0.15) is 19.8 Å². The van der Waals surface area contributed by atoms with E-state index in [-0.39, 0.29) is 24.9 Å². The van der Waals surface area contributed by atoms with Crippen LogP contribution in [0.25, 0.3) is 0 Å². The van der Waals surface area contributed by atoms with E-state index >= 15 is 0 Å². The first-order valence-corrected chi connectivity index (χ1v) is 4.95. The van der Waals surface area contributed by atoms with Crippen molar-refractivity contribution in [1.82, 2.24) is 10.6 Å². The SMILES string of the molecule is C=CCNC(=O)CNC(CCC)C(=O)O.Cl. The van der Waals surface area contributed by atoms with Crippen LogP contribution in [0.3, 0.4) is 0 Å². The Morgan fingerprint density at radius 3 is 2.56 bits per heavy atom. The van der Waals surface area contributed by atoms with Crippen LogP contribution in [-0.2, 0) is 9.59 Å². The molecule has 1 unspecified atom stereocenters. The molecule has 94 valence electrons. The Labute approximate surface area is 102 Å². The number of rotatable bonds is 8. The van der Waals surface area contributed by atoms with E-state index in [4.69, 9.17) is 5.11 Å². The number of carboxylic acids is 1. The number of halogens is 1. The topological polar surface area (TPSA) is 78.4 Å². The zero-order chi connectivity index (χ0) is 11.7. The summed E-state index contributed by atoms with van der Waals surface area (Å²) in [7, 11) is 0. The summed E-state index contributed by atoms with van der Waals surface area (Å²) >= 11 is 0. The first-order chi connectivity index (χ1) is 7.11. The normalized spacial score (nSPS) is 11.1. The van der Waals surface area contributed by atoms with Gasteiger partial charge in [-0.25, -0.2) is 0 Å². The summed E-state index contributed by atoms with van der Waals surface area (Å²) in [5, 5.41) is 14.0. The van der Waals surface area contributed by atoms with E-state index in [0.717, 1.165) is 6.42 Å². The van der Waals surface area contributed by atoms with Gasteiger partial charge in [0.1, 0.15) is 6.04 Å². The average molecular weight is 251 g/mol. The molecular formula is C10H19ClN2O3. The molecule has 1 atom stereocenters. The highest BCUT2D eigenvalue weighted by atomic mass is 35.5. The van der Waals surface area contributed by atoms with E-state index in [2.05, 4.69) is 17.2 Å². The van der Waals surface area contributed by atoms with Crippen LogP contribution in [0.5, 0.6) is 0 Å². The highest BCUT2D eigenvalue weighted by molar-refractivity contribution is 5.85. The minimum absolute atomic E-state index is 0. The predicted molar refractivity (Wildman–Crippen MR) is 64.8 cm³/mol. The molecule has 0 rings (SSSR count). The van der Waals surface area contributed by atoms with Crippen LogP contribution in [-0.4, -0.2) is 36.1 Å². The predicted octanol–water partition coefficient (Wildman–Crippen LogP) is 0.553. The third-order valence-corrected chi connectivity index (χ3v) is 1.83. The van der Waals surface area contributed by atoms with Crippen molar-refractivity contribution < 1.29 is 14.7 Å². The monoisotopic (exact) mass is 250 g/mol. The Balaban J connectivity index is 0. The lowest BCUT2D eigenvalue weighted by Gasteiger charge is -2.12. The van der Waals surface area contributed by atoms with E-state index < -0.39 is 12.0 Å². The molecule has 0 fully saturated rings. The summed E-state index contributed by atoms with van der Waals surface area (Å²) in [5.74, 6) is -1.15. The van der Waals surface area contributed by atoms with Gasteiger partial charge in [0.2, 0.25) is 5.91 Å². The number of nitrogens with one attached hydrogen (secondary N) is 2. The second-order valence-electron chi connectivity index (χ2n) is 3.15. The van der Waals surface area contributed by atoms with Crippen molar-refractivity contribution in [1.29, 1.82) is 0 Å². The van der Waals surface area contributed by atoms with Gasteiger partial charge >= 0.3 is 5.97 Å². The van der Waals surface area contributed by atoms with Crippen LogP contribution < -0.4 is 10.6 Å². The minimum atomic E-state index is -0.923. The number of carbonyl (C=O) groups excluding carboxylic acids is 1. The first kappa shape index (κ1) is 17.3. The number of aliphatic carboxylic acids is 1. The third-order valence-electron chi connectivity index (χ3n) is 1.83. The number of carboxylic acid groups (broad SMARTS) is 1. The van der Waals surface area contributed by atoms with E-state index in [1.165, 1.54) is 0 Å². The van der Waals surface area contributed by atoms with Crippen LogP contribution in [0.15, 0.2) is 12.7 Å². The molecule has 0 aliphatic heterocycles. The third kappa shape index (κ3) is 8.26. The maximum atomic E-state index is 11.1. The fourth-order valence-corrected chi connectivity index (χ4v) is 1.07. The molecule has 0 aliphatic rings. The maximum absolute atomic E-state index is 11.1. The first-order valence-electron chi connectivity index (χ1n) is 4.95. The van der Waals surface area contributed by atoms with Crippen molar-refractivity contribution in [3.8, 4) is 0 Å². The average Bonchev–Trinajstić information content (AvgIpc) is 2.20. The molecule has 0 saturated carbocycles. The second kappa shape index (κ2) is 10.4. The highest BCUT2D eigenvalue weighted by Gasteiger charge is 2.16. The van der Waals surface area contributed by atoms with Crippen molar-refractivity contribution in [3.05, 3.63) is 12.7 Å². The lowest BCUT2D eigenvalue weighted by atomic mass is 10.2. The molecule has 5 nitrogen and oxygen atoms in total. The molecule has 0 aliphatic carbocycles. The molecule has 0 aromatic heterocycles. The minimum Gasteiger partial charge on any atom is -0.480 e. The smallest absolute Gasteiger partial charge is 0.320 e. The molecule has 0 radical (unpaired) electrons.